The summed E-state index contributed by atoms with van der Waals surface area (Å²) in [5.74, 6) is 0.887. The summed E-state index contributed by atoms with van der Waals surface area (Å²) >= 11 is 9.91. The van der Waals surface area contributed by atoms with Crippen molar-refractivity contribution in [2.45, 2.75) is 24.8 Å². The summed E-state index contributed by atoms with van der Waals surface area (Å²) in [5, 5.41) is 0.770. The minimum Gasteiger partial charge on any atom is -0.491 e. The van der Waals surface area contributed by atoms with Crippen molar-refractivity contribution in [1.82, 2.24) is 0 Å². The van der Waals surface area contributed by atoms with Gasteiger partial charge >= 0.3 is 0 Å². The van der Waals surface area contributed by atoms with Gasteiger partial charge in [-0.3, -0.25) is 0 Å². The van der Waals surface area contributed by atoms with Crippen LogP contribution < -0.4 is 4.74 Å². The van der Waals surface area contributed by atoms with Gasteiger partial charge in [-0.15, -0.1) is 0 Å². The summed E-state index contributed by atoms with van der Waals surface area (Å²) in [6.07, 6.45) is 0.189. The number of hydrogen-bond acceptors (Lipinski definition) is 1. The second-order valence-electron chi connectivity index (χ2n) is 4.62. The Bertz CT molecular complexity index is 537. The Morgan fingerprint density at radius 2 is 1.63 bits per heavy atom. The van der Waals surface area contributed by atoms with Crippen molar-refractivity contribution >= 4 is 27.5 Å². The second kappa shape index (κ2) is 6.44. The number of ether oxygens (including phenoxy) is 1. The Kier molecular flexibility index (Phi) is 4.89. The third-order valence-corrected chi connectivity index (χ3v) is 4.09. The van der Waals surface area contributed by atoms with Crippen molar-refractivity contribution in [2.24, 2.45) is 0 Å². The predicted octanol–water partition coefficient (Wildman–Crippen LogP) is 5.61. The number of halogens is 2. The molecule has 0 saturated carbocycles. The lowest BCUT2D eigenvalue weighted by Crippen LogP contribution is -2.05. The van der Waals surface area contributed by atoms with Gasteiger partial charge in [0.1, 0.15) is 5.75 Å². The molecular weight excluding hydrogens is 324 g/mol. The molecule has 0 aliphatic carbocycles. The first-order valence-electron chi connectivity index (χ1n) is 6.23. The van der Waals surface area contributed by atoms with E-state index in [0.29, 0.717) is 0 Å². The number of rotatable bonds is 4. The van der Waals surface area contributed by atoms with Crippen molar-refractivity contribution in [3.63, 3.8) is 0 Å². The predicted molar refractivity (Wildman–Crippen MR) is 84.4 cm³/mol. The van der Waals surface area contributed by atoms with Gasteiger partial charge < -0.3 is 4.74 Å². The van der Waals surface area contributed by atoms with Crippen LogP contribution in [-0.2, 0) is 0 Å². The molecule has 0 spiro atoms. The summed E-state index contributed by atoms with van der Waals surface area (Å²) in [5.41, 5.74) is 2.23. The van der Waals surface area contributed by atoms with Crippen LogP contribution in [-0.4, -0.2) is 6.10 Å². The Morgan fingerprint density at radius 3 is 2.21 bits per heavy atom. The maximum Gasteiger partial charge on any atom is 0.119 e. The fraction of sp³-hybridized carbons (Fsp3) is 0.250. The van der Waals surface area contributed by atoms with Crippen LogP contribution in [0.5, 0.6) is 5.75 Å². The molecule has 0 bridgehead atoms. The van der Waals surface area contributed by atoms with Gasteiger partial charge in [0, 0.05) is 5.02 Å². The molecule has 0 aliphatic rings. The largest absolute Gasteiger partial charge is 0.491 e. The Labute approximate surface area is 127 Å². The third kappa shape index (κ3) is 3.74. The van der Waals surface area contributed by atoms with Crippen LogP contribution in [0, 0.1) is 0 Å². The van der Waals surface area contributed by atoms with Crippen molar-refractivity contribution in [1.29, 1.82) is 0 Å². The van der Waals surface area contributed by atoms with E-state index in [1.54, 1.807) is 0 Å². The molecule has 1 atom stereocenters. The van der Waals surface area contributed by atoms with E-state index in [1.807, 2.05) is 50.2 Å². The SMILES string of the molecule is CC(C)Oc1ccc(C(Br)c2ccccc2Cl)cc1. The molecule has 2 aromatic carbocycles. The second-order valence-corrected chi connectivity index (χ2v) is 5.94. The number of hydrogen-bond donors (Lipinski definition) is 0. The first-order chi connectivity index (χ1) is 9.08. The molecule has 0 fully saturated rings. The molecule has 0 aromatic heterocycles. The summed E-state index contributed by atoms with van der Waals surface area (Å²) in [6.45, 7) is 4.04. The molecule has 1 nitrogen and oxygen atoms in total. The van der Waals surface area contributed by atoms with E-state index < -0.39 is 0 Å². The van der Waals surface area contributed by atoms with Gasteiger partial charge in [0.05, 0.1) is 10.9 Å². The van der Waals surface area contributed by atoms with Gasteiger partial charge in [-0.25, -0.2) is 0 Å². The summed E-state index contributed by atoms with van der Waals surface area (Å²) < 4.78 is 5.64. The monoisotopic (exact) mass is 338 g/mol. The topological polar surface area (TPSA) is 9.23 Å². The zero-order chi connectivity index (χ0) is 13.8. The van der Waals surface area contributed by atoms with E-state index in [1.165, 1.54) is 0 Å². The highest BCUT2D eigenvalue weighted by Gasteiger charge is 2.13. The number of benzene rings is 2. The molecule has 0 heterocycles. The third-order valence-electron chi connectivity index (χ3n) is 2.72. The van der Waals surface area contributed by atoms with Crippen molar-refractivity contribution < 1.29 is 4.74 Å². The first-order valence-corrected chi connectivity index (χ1v) is 7.52. The van der Waals surface area contributed by atoms with Crippen LogP contribution in [0.3, 0.4) is 0 Å². The van der Waals surface area contributed by atoms with Crippen molar-refractivity contribution in [3.8, 4) is 5.75 Å². The van der Waals surface area contributed by atoms with Crippen LogP contribution in [0.4, 0.5) is 0 Å². The number of alkyl halides is 1. The summed E-state index contributed by atoms with van der Waals surface area (Å²) in [7, 11) is 0. The van der Waals surface area contributed by atoms with Gasteiger partial charge in [0.15, 0.2) is 0 Å². The van der Waals surface area contributed by atoms with E-state index in [0.717, 1.165) is 21.9 Å². The van der Waals surface area contributed by atoms with Crippen LogP contribution in [0.15, 0.2) is 48.5 Å². The molecule has 0 saturated heterocycles. The van der Waals surface area contributed by atoms with Crippen LogP contribution in [0.1, 0.15) is 29.8 Å². The normalized spacial score (nSPS) is 12.5. The minimum absolute atomic E-state index is 0.0919. The van der Waals surface area contributed by atoms with Gasteiger partial charge in [-0.2, -0.15) is 0 Å². The molecule has 0 N–H and O–H groups in total. The van der Waals surface area contributed by atoms with Crippen LogP contribution in [0.25, 0.3) is 0 Å². The lowest BCUT2D eigenvalue weighted by Gasteiger charge is -2.14. The van der Waals surface area contributed by atoms with Gasteiger partial charge in [0.2, 0.25) is 0 Å². The van der Waals surface area contributed by atoms with E-state index in [4.69, 9.17) is 16.3 Å². The highest BCUT2D eigenvalue weighted by molar-refractivity contribution is 9.09. The molecule has 2 rings (SSSR count). The maximum absolute atomic E-state index is 6.21. The molecule has 0 amide bonds. The fourth-order valence-electron chi connectivity index (χ4n) is 1.85. The molecule has 0 aliphatic heterocycles. The Morgan fingerprint density at radius 1 is 1.00 bits per heavy atom. The average Bonchev–Trinajstić information content (AvgIpc) is 2.39. The van der Waals surface area contributed by atoms with E-state index in [9.17, 15) is 0 Å². The quantitative estimate of drug-likeness (QED) is 0.658. The molecule has 1 unspecified atom stereocenters. The maximum atomic E-state index is 6.21. The summed E-state index contributed by atoms with van der Waals surface area (Å²) in [6, 6.07) is 15.9. The van der Waals surface area contributed by atoms with Gasteiger partial charge in [-0.1, -0.05) is 57.9 Å². The van der Waals surface area contributed by atoms with E-state index in [2.05, 4.69) is 28.1 Å². The highest BCUT2D eigenvalue weighted by atomic mass is 79.9. The van der Waals surface area contributed by atoms with Crippen molar-refractivity contribution in [2.75, 3.05) is 0 Å². The van der Waals surface area contributed by atoms with E-state index in [-0.39, 0.29) is 10.9 Å². The zero-order valence-electron chi connectivity index (χ0n) is 10.9. The van der Waals surface area contributed by atoms with Crippen molar-refractivity contribution in [3.05, 3.63) is 64.7 Å². The first kappa shape index (κ1) is 14.4. The highest BCUT2D eigenvalue weighted by Crippen LogP contribution is 2.35. The van der Waals surface area contributed by atoms with Crippen LogP contribution in [0.2, 0.25) is 5.02 Å². The lowest BCUT2D eigenvalue weighted by atomic mass is 10.0. The Hall–Kier alpha value is -0.990. The van der Waals surface area contributed by atoms with Gasteiger partial charge in [0.25, 0.3) is 0 Å². The van der Waals surface area contributed by atoms with Gasteiger partial charge in [-0.05, 0) is 43.2 Å². The van der Waals surface area contributed by atoms with Crippen LogP contribution >= 0.6 is 27.5 Å². The standard InChI is InChI=1S/C16H16BrClO/c1-11(2)19-13-9-7-12(8-10-13)16(17)14-5-3-4-6-15(14)18/h3-11,16H,1-2H3. The smallest absolute Gasteiger partial charge is 0.119 e. The average molecular weight is 340 g/mol. The lowest BCUT2D eigenvalue weighted by molar-refractivity contribution is 0.242. The summed E-state index contributed by atoms with van der Waals surface area (Å²) in [4.78, 5) is 0.0919. The fourth-order valence-corrected chi connectivity index (χ4v) is 2.93. The Balaban J connectivity index is 2.20. The zero-order valence-corrected chi connectivity index (χ0v) is 13.3. The molecule has 3 heteroatoms. The minimum atomic E-state index is 0.0919. The molecule has 2 aromatic rings. The van der Waals surface area contributed by atoms with E-state index >= 15 is 0 Å². The molecular formula is C16H16BrClO. The molecule has 100 valence electrons. The molecule has 0 radical (unpaired) electrons. The molecule has 19 heavy (non-hydrogen) atoms.